The number of carbonyl (C=O) groups excluding carboxylic acids is 1. The smallest absolute Gasteiger partial charge is 0.266 e. The lowest BCUT2D eigenvalue weighted by molar-refractivity contribution is -0.112. The van der Waals surface area contributed by atoms with E-state index in [1.807, 2.05) is 47.8 Å². The fraction of sp³-hybridized carbons (Fsp3) is 0.174. The van der Waals surface area contributed by atoms with Gasteiger partial charge in [0.2, 0.25) is 0 Å². The summed E-state index contributed by atoms with van der Waals surface area (Å²) in [5, 5.41) is 15.4. The molecule has 0 aliphatic carbocycles. The van der Waals surface area contributed by atoms with E-state index in [1.54, 1.807) is 12.1 Å². The minimum Gasteiger partial charge on any atom is -0.378 e. The van der Waals surface area contributed by atoms with Gasteiger partial charge in [0.1, 0.15) is 16.6 Å². The van der Waals surface area contributed by atoms with Crippen LogP contribution in [0.25, 0.3) is 17.3 Å². The Morgan fingerprint density at radius 2 is 2.00 bits per heavy atom. The van der Waals surface area contributed by atoms with Crippen molar-refractivity contribution in [1.82, 2.24) is 4.98 Å². The van der Waals surface area contributed by atoms with Crippen LogP contribution in [0.1, 0.15) is 5.01 Å². The second-order valence-corrected chi connectivity index (χ2v) is 8.15. The first-order valence-corrected chi connectivity index (χ1v) is 11.0. The molecular formula is C23H19ClN4O2S. The van der Waals surface area contributed by atoms with E-state index in [2.05, 4.69) is 15.2 Å². The molecular weight excluding hydrogens is 432 g/mol. The van der Waals surface area contributed by atoms with E-state index in [9.17, 15) is 10.1 Å². The first-order valence-electron chi connectivity index (χ1n) is 9.70. The van der Waals surface area contributed by atoms with Crippen molar-refractivity contribution in [2.75, 3.05) is 36.5 Å². The van der Waals surface area contributed by atoms with Gasteiger partial charge in [-0.05, 0) is 24.3 Å². The molecule has 2 heterocycles. The number of carbonyl (C=O) groups is 1. The van der Waals surface area contributed by atoms with Gasteiger partial charge in [-0.25, -0.2) is 4.98 Å². The van der Waals surface area contributed by atoms with E-state index in [1.165, 1.54) is 17.4 Å². The summed E-state index contributed by atoms with van der Waals surface area (Å²) < 4.78 is 5.41. The lowest BCUT2D eigenvalue weighted by atomic mass is 10.2. The summed E-state index contributed by atoms with van der Waals surface area (Å²) in [6.07, 6.45) is 1.51. The lowest BCUT2D eigenvalue weighted by Crippen LogP contribution is -2.36. The average molecular weight is 451 g/mol. The van der Waals surface area contributed by atoms with E-state index in [-0.39, 0.29) is 5.57 Å². The normalized spacial score (nSPS) is 14.2. The van der Waals surface area contributed by atoms with Gasteiger partial charge in [-0.3, -0.25) is 4.79 Å². The summed E-state index contributed by atoms with van der Waals surface area (Å²) in [5.41, 5.74) is 3.17. The van der Waals surface area contributed by atoms with E-state index in [0.717, 1.165) is 16.9 Å². The van der Waals surface area contributed by atoms with Crippen molar-refractivity contribution in [2.45, 2.75) is 0 Å². The predicted molar refractivity (Wildman–Crippen MR) is 124 cm³/mol. The molecule has 1 N–H and O–H groups in total. The van der Waals surface area contributed by atoms with Gasteiger partial charge in [0.25, 0.3) is 5.91 Å². The highest BCUT2D eigenvalue weighted by Crippen LogP contribution is 2.30. The fourth-order valence-corrected chi connectivity index (χ4v) is 4.18. The number of hydrogen-bond acceptors (Lipinski definition) is 6. The number of nitrogens with one attached hydrogen (secondary N) is 1. The van der Waals surface area contributed by atoms with E-state index in [4.69, 9.17) is 16.3 Å². The van der Waals surface area contributed by atoms with Crippen LogP contribution in [-0.4, -0.2) is 37.2 Å². The number of hydrogen-bond donors (Lipinski definition) is 1. The molecule has 1 aliphatic rings. The van der Waals surface area contributed by atoms with Crippen molar-refractivity contribution in [2.24, 2.45) is 0 Å². The van der Waals surface area contributed by atoms with Crippen LogP contribution in [0, 0.1) is 11.3 Å². The lowest BCUT2D eigenvalue weighted by Gasteiger charge is -2.30. The Morgan fingerprint density at radius 1 is 1.23 bits per heavy atom. The zero-order chi connectivity index (χ0) is 21.6. The summed E-state index contributed by atoms with van der Waals surface area (Å²) >= 11 is 7.54. The van der Waals surface area contributed by atoms with E-state index < -0.39 is 5.91 Å². The van der Waals surface area contributed by atoms with Crippen molar-refractivity contribution in [3.05, 3.63) is 69.5 Å². The number of benzene rings is 2. The Labute approximate surface area is 189 Å². The molecule has 6 nitrogen and oxygen atoms in total. The number of anilines is 2. The van der Waals surface area contributed by atoms with Gasteiger partial charge in [0, 0.05) is 29.1 Å². The number of rotatable bonds is 5. The second-order valence-electron chi connectivity index (χ2n) is 6.82. The Morgan fingerprint density at radius 3 is 2.74 bits per heavy atom. The number of aromatic nitrogens is 1. The maximum Gasteiger partial charge on any atom is 0.266 e. The van der Waals surface area contributed by atoms with Crippen LogP contribution in [0.2, 0.25) is 5.02 Å². The first kappa shape index (κ1) is 21.1. The monoisotopic (exact) mass is 450 g/mol. The molecule has 1 saturated heterocycles. The zero-order valence-corrected chi connectivity index (χ0v) is 18.1. The molecule has 1 fully saturated rings. The molecule has 1 aromatic heterocycles. The molecule has 0 spiro atoms. The van der Waals surface area contributed by atoms with E-state index in [0.29, 0.717) is 42.0 Å². The highest BCUT2D eigenvalue weighted by molar-refractivity contribution is 7.10. The van der Waals surface area contributed by atoms with Gasteiger partial charge < -0.3 is 15.0 Å². The summed E-state index contributed by atoms with van der Waals surface area (Å²) in [7, 11) is 0. The number of thiazole rings is 1. The third-order valence-electron chi connectivity index (χ3n) is 4.78. The number of amides is 1. The SMILES string of the molecule is N#C/C(=C/c1nc(-c2ccccc2)cs1)C(=O)Nc1cc(Cl)ccc1N1CCOCC1. The minimum absolute atomic E-state index is 0.0261. The van der Waals surface area contributed by atoms with Crippen molar-refractivity contribution in [3.8, 4) is 17.3 Å². The Kier molecular flexibility index (Phi) is 6.63. The van der Waals surface area contributed by atoms with Crippen molar-refractivity contribution in [1.29, 1.82) is 5.26 Å². The molecule has 0 saturated carbocycles. The van der Waals surface area contributed by atoms with Gasteiger partial charge in [0.15, 0.2) is 0 Å². The predicted octanol–water partition coefficient (Wildman–Crippen LogP) is 4.85. The molecule has 2 aromatic carbocycles. The van der Waals surface area contributed by atoms with Crippen LogP contribution in [0.3, 0.4) is 0 Å². The largest absolute Gasteiger partial charge is 0.378 e. The standard InChI is InChI=1S/C23H19ClN4O2S/c24-18-6-7-21(28-8-10-30-11-9-28)19(13-18)27-23(29)17(14-25)12-22-26-20(15-31-22)16-4-2-1-3-5-16/h1-7,12-13,15H,8-11H2,(H,27,29)/b17-12-. The topological polar surface area (TPSA) is 78.2 Å². The highest BCUT2D eigenvalue weighted by atomic mass is 35.5. The second kappa shape index (κ2) is 9.75. The van der Waals surface area contributed by atoms with Gasteiger partial charge in [0.05, 0.1) is 30.3 Å². The van der Waals surface area contributed by atoms with Crippen LogP contribution >= 0.6 is 22.9 Å². The van der Waals surface area contributed by atoms with Crippen LogP contribution in [0.15, 0.2) is 59.5 Å². The third-order valence-corrected chi connectivity index (χ3v) is 5.81. The van der Waals surface area contributed by atoms with Crippen LogP contribution < -0.4 is 10.2 Å². The zero-order valence-electron chi connectivity index (χ0n) is 16.5. The molecule has 1 aliphatic heterocycles. The quantitative estimate of drug-likeness (QED) is 0.444. The van der Waals surface area contributed by atoms with Gasteiger partial charge in [-0.15, -0.1) is 11.3 Å². The number of nitriles is 1. The van der Waals surface area contributed by atoms with Gasteiger partial charge in [-0.2, -0.15) is 5.26 Å². The van der Waals surface area contributed by atoms with Crippen LogP contribution in [0.4, 0.5) is 11.4 Å². The number of morpholine rings is 1. The van der Waals surface area contributed by atoms with Crippen molar-refractivity contribution < 1.29 is 9.53 Å². The van der Waals surface area contributed by atoms with Crippen molar-refractivity contribution in [3.63, 3.8) is 0 Å². The summed E-state index contributed by atoms with van der Waals surface area (Å²) in [5.74, 6) is -0.504. The Bertz CT molecular complexity index is 1150. The molecule has 31 heavy (non-hydrogen) atoms. The Balaban J connectivity index is 1.56. The summed E-state index contributed by atoms with van der Waals surface area (Å²) in [6.45, 7) is 2.67. The first-order chi connectivity index (χ1) is 15.1. The molecule has 0 bridgehead atoms. The molecule has 1 amide bonds. The summed E-state index contributed by atoms with van der Waals surface area (Å²) in [4.78, 5) is 19.5. The molecule has 4 rings (SSSR count). The number of ether oxygens (including phenoxy) is 1. The van der Waals surface area contributed by atoms with Crippen LogP contribution in [-0.2, 0) is 9.53 Å². The minimum atomic E-state index is -0.504. The van der Waals surface area contributed by atoms with Crippen LogP contribution in [0.5, 0.6) is 0 Å². The van der Waals surface area contributed by atoms with Gasteiger partial charge in [-0.1, -0.05) is 41.9 Å². The Hall–Kier alpha value is -3.18. The maximum absolute atomic E-state index is 12.9. The molecule has 0 radical (unpaired) electrons. The molecule has 8 heteroatoms. The third kappa shape index (κ3) is 5.12. The molecule has 0 atom stereocenters. The maximum atomic E-state index is 12.9. The number of halogens is 1. The van der Waals surface area contributed by atoms with Crippen molar-refractivity contribution >= 4 is 46.3 Å². The molecule has 3 aromatic rings. The molecule has 0 unspecified atom stereocenters. The summed E-state index contributed by atoms with van der Waals surface area (Å²) in [6, 6.07) is 17.1. The van der Waals surface area contributed by atoms with Gasteiger partial charge >= 0.3 is 0 Å². The van der Waals surface area contributed by atoms with E-state index >= 15 is 0 Å². The number of nitrogens with zero attached hydrogens (tertiary/aromatic N) is 3. The average Bonchev–Trinajstić information content (AvgIpc) is 3.27. The molecule has 156 valence electrons. The fourth-order valence-electron chi connectivity index (χ4n) is 3.25. The highest BCUT2D eigenvalue weighted by Gasteiger charge is 2.18.